The summed E-state index contributed by atoms with van der Waals surface area (Å²) < 4.78 is 0. The predicted octanol–water partition coefficient (Wildman–Crippen LogP) is 1.18. The van der Waals surface area contributed by atoms with E-state index in [1.807, 2.05) is 13.8 Å². The molecule has 0 heterocycles. The molecule has 0 fully saturated rings. The zero-order valence-electron chi connectivity index (χ0n) is 10.3. The Morgan fingerprint density at radius 1 is 1.24 bits per heavy atom. The van der Waals surface area contributed by atoms with Crippen molar-refractivity contribution < 1.29 is 19.5 Å². The Bertz CT molecular complexity index is 259. The van der Waals surface area contributed by atoms with Gasteiger partial charge in [-0.3, -0.25) is 9.59 Å². The molecule has 17 heavy (non-hydrogen) atoms. The van der Waals surface area contributed by atoms with Crippen LogP contribution in [-0.2, 0) is 14.4 Å². The van der Waals surface area contributed by atoms with Crippen LogP contribution in [0.3, 0.4) is 0 Å². The van der Waals surface area contributed by atoms with Crippen molar-refractivity contribution in [3.05, 3.63) is 6.42 Å². The van der Waals surface area contributed by atoms with Crippen molar-refractivity contribution >= 4 is 18.2 Å². The molecule has 0 saturated heterocycles. The van der Waals surface area contributed by atoms with Crippen molar-refractivity contribution in [3.8, 4) is 0 Å². The number of carboxylic acids is 1. The minimum absolute atomic E-state index is 0.144. The molecule has 0 spiro atoms. The first kappa shape index (κ1) is 15.6. The van der Waals surface area contributed by atoms with E-state index in [4.69, 9.17) is 5.11 Å². The molecule has 0 aromatic carbocycles. The fraction of sp³-hybridized carbons (Fsp3) is 0.667. The van der Waals surface area contributed by atoms with E-state index >= 15 is 0 Å². The van der Waals surface area contributed by atoms with Crippen LogP contribution in [0.5, 0.6) is 0 Å². The Labute approximate surface area is 102 Å². The van der Waals surface area contributed by atoms with Gasteiger partial charge in [-0.25, -0.2) is 0 Å². The molecule has 0 saturated carbocycles. The molecule has 0 bridgehead atoms. The number of carbonyl (C=O) groups is 3. The number of amides is 1. The van der Waals surface area contributed by atoms with Crippen LogP contribution in [0.4, 0.5) is 0 Å². The van der Waals surface area contributed by atoms with E-state index in [9.17, 15) is 14.4 Å². The molecule has 0 aromatic heterocycles. The van der Waals surface area contributed by atoms with Crippen molar-refractivity contribution in [2.75, 3.05) is 0 Å². The van der Waals surface area contributed by atoms with Gasteiger partial charge in [0.1, 0.15) is 6.29 Å². The minimum atomic E-state index is -1.22. The molecule has 5 heteroatoms. The first-order valence-corrected chi connectivity index (χ1v) is 5.88. The quantitative estimate of drug-likeness (QED) is 0.595. The maximum atomic E-state index is 11.8. The summed E-state index contributed by atoms with van der Waals surface area (Å²) in [4.78, 5) is 32.8. The first-order valence-electron chi connectivity index (χ1n) is 5.88. The number of hydrogen-bond donors (Lipinski definition) is 2. The van der Waals surface area contributed by atoms with Gasteiger partial charge in [0.05, 0.1) is 12.5 Å². The standard InChI is InChI=1S/C12H20NO4/c1-3-5-9(6-4-2)12(17)13-10(8-14)7-11(15)16/h7-10H,3-6H2,1-2H3,(H,13,17)(H,15,16)/t10-/m0/s1. The van der Waals surface area contributed by atoms with Crippen molar-refractivity contribution in [2.24, 2.45) is 5.92 Å². The fourth-order valence-corrected chi connectivity index (χ4v) is 1.65. The molecule has 0 rings (SSSR count). The van der Waals surface area contributed by atoms with Crippen molar-refractivity contribution in [2.45, 2.75) is 45.6 Å². The molecular formula is C12H20NO4. The first-order chi connectivity index (χ1) is 8.04. The highest BCUT2D eigenvalue weighted by atomic mass is 16.4. The lowest BCUT2D eigenvalue weighted by molar-refractivity contribution is -0.134. The smallest absolute Gasteiger partial charge is 0.310 e. The average molecular weight is 242 g/mol. The van der Waals surface area contributed by atoms with E-state index in [2.05, 4.69) is 5.32 Å². The fourth-order valence-electron chi connectivity index (χ4n) is 1.65. The Kier molecular flexibility index (Phi) is 8.01. The van der Waals surface area contributed by atoms with Crippen molar-refractivity contribution in [1.82, 2.24) is 5.32 Å². The van der Waals surface area contributed by atoms with Gasteiger partial charge >= 0.3 is 5.97 Å². The van der Waals surface area contributed by atoms with E-state index in [0.717, 1.165) is 32.1 Å². The summed E-state index contributed by atoms with van der Waals surface area (Å²) in [7, 11) is 0. The lowest BCUT2D eigenvalue weighted by Crippen LogP contribution is -2.41. The van der Waals surface area contributed by atoms with E-state index in [1.165, 1.54) is 0 Å². The second-order valence-electron chi connectivity index (χ2n) is 3.95. The highest BCUT2D eigenvalue weighted by Gasteiger charge is 2.21. The van der Waals surface area contributed by atoms with Crippen LogP contribution < -0.4 is 5.32 Å². The highest BCUT2D eigenvalue weighted by molar-refractivity contribution is 5.88. The predicted molar refractivity (Wildman–Crippen MR) is 63.2 cm³/mol. The second kappa shape index (κ2) is 8.73. The van der Waals surface area contributed by atoms with Gasteiger partial charge in [0.2, 0.25) is 5.91 Å². The molecule has 1 atom stereocenters. The van der Waals surface area contributed by atoms with Crippen LogP contribution in [0.25, 0.3) is 0 Å². The second-order valence-corrected chi connectivity index (χ2v) is 3.95. The number of carboxylic acid groups (broad SMARTS) is 1. The average Bonchev–Trinajstić information content (AvgIpc) is 2.27. The third kappa shape index (κ3) is 6.71. The molecule has 2 N–H and O–H groups in total. The molecule has 0 aromatic rings. The van der Waals surface area contributed by atoms with Gasteiger partial charge in [0.15, 0.2) is 0 Å². The molecule has 0 aliphatic carbocycles. The van der Waals surface area contributed by atoms with Crippen LogP contribution in [0.15, 0.2) is 0 Å². The summed E-state index contributed by atoms with van der Waals surface area (Å²) in [6.07, 6.45) is 4.45. The number of carbonyl (C=O) groups excluding carboxylic acids is 2. The Morgan fingerprint density at radius 3 is 2.12 bits per heavy atom. The summed E-state index contributed by atoms with van der Waals surface area (Å²) in [6.45, 7) is 3.97. The molecule has 5 nitrogen and oxygen atoms in total. The Morgan fingerprint density at radius 2 is 1.76 bits per heavy atom. The lowest BCUT2D eigenvalue weighted by atomic mass is 9.97. The summed E-state index contributed by atoms with van der Waals surface area (Å²) >= 11 is 0. The van der Waals surface area contributed by atoms with Gasteiger partial charge in [-0.1, -0.05) is 26.7 Å². The number of aliphatic carboxylic acids is 1. The zero-order chi connectivity index (χ0) is 13.3. The molecule has 1 radical (unpaired) electrons. The van der Waals surface area contributed by atoms with Crippen LogP contribution in [0.1, 0.15) is 39.5 Å². The molecule has 97 valence electrons. The van der Waals surface area contributed by atoms with Gasteiger partial charge < -0.3 is 15.2 Å². The van der Waals surface area contributed by atoms with Gasteiger partial charge in [-0.15, -0.1) is 0 Å². The Balaban J connectivity index is 4.34. The van der Waals surface area contributed by atoms with Crippen LogP contribution >= 0.6 is 0 Å². The number of aldehydes is 1. The summed E-state index contributed by atoms with van der Waals surface area (Å²) in [5.41, 5.74) is 0. The monoisotopic (exact) mass is 242 g/mol. The zero-order valence-corrected chi connectivity index (χ0v) is 10.3. The van der Waals surface area contributed by atoms with Crippen molar-refractivity contribution in [3.63, 3.8) is 0 Å². The maximum absolute atomic E-state index is 11.8. The van der Waals surface area contributed by atoms with Crippen LogP contribution in [0, 0.1) is 12.3 Å². The van der Waals surface area contributed by atoms with Crippen LogP contribution in [0.2, 0.25) is 0 Å². The summed E-state index contributed by atoms with van der Waals surface area (Å²) in [5.74, 6) is -1.61. The summed E-state index contributed by atoms with van der Waals surface area (Å²) in [6, 6.07) is -1.05. The Hall–Kier alpha value is -1.39. The van der Waals surface area contributed by atoms with Crippen LogP contribution in [-0.4, -0.2) is 29.3 Å². The lowest BCUT2D eigenvalue weighted by Gasteiger charge is -2.17. The number of hydrogen-bond acceptors (Lipinski definition) is 3. The van der Waals surface area contributed by atoms with Crippen molar-refractivity contribution in [1.29, 1.82) is 0 Å². The van der Waals surface area contributed by atoms with Gasteiger partial charge in [0, 0.05) is 5.92 Å². The normalized spacial score (nSPS) is 12.2. The highest BCUT2D eigenvalue weighted by Crippen LogP contribution is 2.13. The molecule has 1 amide bonds. The van der Waals surface area contributed by atoms with E-state index in [1.54, 1.807) is 0 Å². The minimum Gasteiger partial charge on any atom is -0.481 e. The molecular weight excluding hydrogens is 222 g/mol. The largest absolute Gasteiger partial charge is 0.481 e. The SMILES string of the molecule is CCCC(CCC)C(=O)N[C@@H]([CH]C(=O)O)C=O. The molecule has 0 aliphatic rings. The number of rotatable bonds is 9. The van der Waals surface area contributed by atoms with E-state index in [0.29, 0.717) is 6.29 Å². The number of nitrogens with one attached hydrogen (secondary N) is 1. The third-order valence-corrected chi connectivity index (χ3v) is 2.42. The third-order valence-electron chi connectivity index (χ3n) is 2.42. The molecule has 0 unspecified atom stereocenters. The topological polar surface area (TPSA) is 83.5 Å². The van der Waals surface area contributed by atoms with E-state index < -0.39 is 12.0 Å². The molecule has 0 aliphatic heterocycles. The van der Waals surface area contributed by atoms with Gasteiger partial charge in [0.25, 0.3) is 0 Å². The maximum Gasteiger partial charge on any atom is 0.310 e. The summed E-state index contributed by atoms with van der Waals surface area (Å²) in [5, 5.41) is 10.9. The van der Waals surface area contributed by atoms with Gasteiger partial charge in [-0.2, -0.15) is 0 Å². The van der Waals surface area contributed by atoms with E-state index in [-0.39, 0.29) is 11.8 Å². The van der Waals surface area contributed by atoms with Gasteiger partial charge in [-0.05, 0) is 12.8 Å².